The van der Waals surface area contributed by atoms with E-state index in [0.717, 1.165) is 42.9 Å². The van der Waals surface area contributed by atoms with Crippen LogP contribution < -0.4 is 20.3 Å². The Morgan fingerprint density at radius 3 is 2.80 bits per heavy atom. The van der Waals surface area contributed by atoms with Gasteiger partial charge in [-0.1, -0.05) is 0 Å². The number of nitrogens with one attached hydrogen (secondary N) is 2. The van der Waals surface area contributed by atoms with Gasteiger partial charge in [0.2, 0.25) is 11.9 Å². The molecule has 8 heteroatoms. The highest BCUT2D eigenvalue weighted by Crippen LogP contribution is 2.36. The van der Waals surface area contributed by atoms with Crippen LogP contribution in [0, 0.1) is 6.92 Å². The summed E-state index contributed by atoms with van der Waals surface area (Å²) in [6.45, 7) is 4.09. The molecular formula is C22H27N5O3. The van der Waals surface area contributed by atoms with Crippen molar-refractivity contribution in [2.24, 2.45) is 0 Å². The fraction of sp³-hybridized carbons (Fsp3) is 0.455. The van der Waals surface area contributed by atoms with Crippen LogP contribution in [0.25, 0.3) is 0 Å². The van der Waals surface area contributed by atoms with Gasteiger partial charge in [-0.05, 0) is 62.4 Å². The van der Waals surface area contributed by atoms with Gasteiger partial charge in [0.1, 0.15) is 11.4 Å². The maximum Gasteiger partial charge on any atom is 0.270 e. The maximum atomic E-state index is 12.7. The van der Waals surface area contributed by atoms with Crippen LogP contribution in [0.15, 0.2) is 24.3 Å². The molecule has 0 saturated carbocycles. The number of piperidine rings is 1. The van der Waals surface area contributed by atoms with Crippen molar-refractivity contribution in [3.05, 3.63) is 41.2 Å². The molecule has 1 aromatic heterocycles. The molecule has 2 aliphatic heterocycles. The average Bonchev–Trinajstić information content (AvgIpc) is 3.08. The first-order valence-corrected chi connectivity index (χ1v) is 10.4. The van der Waals surface area contributed by atoms with Gasteiger partial charge < -0.3 is 20.3 Å². The lowest BCUT2D eigenvalue weighted by molar-refractivity contribution is -0.117. The van der Waals surface area contributed by atoms with Crippen LogP contribution in [0.1, 0.15) is 53.3 Å². The molecule has 2 N–H and O–H groups in total. The fourth-order valence-corrected chi connectivity index (χ4v) is 4.04. The van der Waals surface area contributed by atoms with Gasteiger partial charge in [0.25, 0.3) is 5.91 Å². The highest BCUT2D eigenvalue weighted by Gasteiger charge is 2.30. The number of hydrogen-bond acceptors (Lipinski definition) is 6. The minimum Gasteiger partial charge on any atom is -0.497 e. The summed E-state index contributed by atoms with van der Waals surface area (Å²) in [6.07, 6.45) is 3.96. The molecule has 1 aromatic carbocycles. The SMILES string of the molecule is COc1ccc2c(c1)[C@H](CCNC(=O)c1cc(C)nc(N3CCCCC3)n1)C(=O)N2. The number of aryl methyl sites for hydroxylation is 1. The Morgan fingerprint density at radius 2 is 2.03 bits per heavy atom. The van der Waals surface area contributed by atoms with E-state index >= 15 is 0 Å². The maximum absolute atomic E-state index is 12.7. The van der Waals surface area contributed by atoms with E-state index in [-0.39, 0.29) is 17.7 Å². The lowest BCUT2D eigenvalue weighted by atomic mass is 9.97. The molecule has 0 radical (unpaired) electrons. The van der Waals surface area contributed by atoms with Gasteiger partial charge >= 0.3 is 0 Å². The number of carbonyl (C=O) groups is 2. The lowest BCUT2D eigenvalue weighted by Crippen LogP contribution is -2.33. The number of ether oxygens (including phenoxy) is 1. The number of methoxy groups -OCH3 is 1. The van der Waals surface area contributed by atoms with Crippen LogP contribution in [-0.2, 0) is 4.79 Å². The zero-order valence-corrected chi connectivity index (χ0v) is 17.4. The minimum atomic E-state index is -0.313. The molecule has 158 valence electrons. The largest absolute Gasteiger partial charge is 0.497 e. The van der Waals surface area contributed by atoms with Gasteiger partial charge in [-0.3, -0.25) is 9.59 Å². The molecule has 2 aromatic rings. The second kappa shape index (κ2) is 8.69. The van der Waals surface area contributed by atoms with E-state index in [1.165, 1.54) is 6.42 Å². The second-order valence-electron chi connectivity index (χ2n) is 7.78. The van der Waals surface area contributed by atoms with Crippen LogP contribution >= 0.6 is 0 Å². The summed E-state index contributed by atoms with van der Waals surface area (Å²) in [4.78, 5) is 36.2. The predicted molar refractivity (Wildman–Crippen MR) is 114 cm³/mol. The minimum absolute atomic E-state index is 0.0576. The van der Waals surface area contributed by atoms with E-state index in [0.29, 0.717) is 30.4 Å². The Bertz CT molecular complexity index is 956. The Morgan fingerprint density at radius 1 is 1.23 bits per heavy atom. The van der Waals surface area contributed by atoms with E-state index in [4.69, 9.17) is 4.74 Å². The monoisotopic (exact) mass is 409 g/mol. The van der Waals surface area contributed by atoms with E-state index in [9.17, 15) is 9.59 Å². The number of amides is 2. The molecule has 2 aliphatic rings. The number of rotatable bonds is 6. The molecular weight excluding hydrogens is 382 g/mol. The van der Waals surface area contributed by atoms with Crippen molar-refractivity contribution in [1.29, 1.82) is 0 Å². The second-order valence-corrected chi connectivity index (χ2v) is 7.78. The highest BCUT2D eigenvalue weighted by molar-refractivity contribution is 6.03. The zero-order valence-electron chi connectivity index (χ0n) is 17.4. The van der Waals surface area contributed by atoms with E-state index in [1.807, 2.05) is 25.1 Å². The third kappa shape index (κ3) is 4.22. The molecule has 2 amide bonds. The number of aromatic nitrogens is 2. The van der Waals surface area contributed by atoms with Crippen LogP contribution in [0.5, 0.6) is 5.75 Å². The number of fused-ring (bicyclic) bond motifs is 1. The number of benzene rings is 1. The summed E-state index contributed by atoms with van der Waals surface area (Å²) in [6, 6.07) is 7.24. The quantitative estimate of drug-likeness (QED) is 0.761. The van der Waals surface area contributed by atoms with Crippen LogP contribution in [0.4, 0.5) is 11.6 Å². The third-order valence-corrected chi connectivity index (χ3v) is 5.64. The summed E-state index contributed by atoms with van der Waals surface area (Å²) in [5.41, 5.74) is 2.83. The van der Waals surface area contributed by atoms with Gasteiger partial charge in [0.05, 0.1) is 13.0 Å². The van der Waals surface area contributed by atoms with Crippen LogP contribution in [-0.4, -0.2) is 48.5 Å². The Hall–Kier alpha value is -3.16. The summed E-state index contributed by atoms with van der Waals surface area (Å²) < 4.78 is 5.27. The summed E-state index contributed by atoms with van der Waals surface area (Å²) in [5.74, 6) is 0.712. The van der Waals surface area contributed by atoms with Crippen molar-refractivity contribution in [2.45, 2.75) is 38.5 Å². The standard InChI is InChI=1S/C22H27N5O3/c1-14-12-19(26-22(24-14)27-10-4-3-5-11-27)21(29)23-9-8-16-17-13-15(30-2)6-7-18(17)25-20(16)28/h6-7,12-13,16H,3-5,8-11H2,1-2H3,(H,23,29)(H,25,28)/t16-/m0/s1. The van der Waals surface area contributed by atoms with E-state index in [2.05, 4.69) is 25.5 Å². The van der Waals surface area contributed by atoms with Crippen molar-refractivity contribution in [2.75, 3.05) is 37.0 Å². The van der Waals surface area contributed by atoms with Crippen molar-refractivity contribution in [3.63, 3.8) is 0 Å². The van der Waals surface area contributed by atoms with Gasteiger partial charge in [-0.25, -0.2) is 9.97 Å². The smallest absolute Gasteiger partial charge is 0.270 e. The van der Waals surface area contributed by atoms with E-state index < -0.39 is 0 Å². The topological polar surface area (TPSA) is 96.4 Å². The molecule has 0 spiro atoms. The highest BCUT2D eigenvalue weighted by atomic mass is 16.5. The fourth-order valence-electron chi connectivity index (χ4n) is 4.04. The normalized spacial score (nSPS) is 18.0. The van der Waals surface area contributed by atoms with Crippen molar-refractivity contribution in [1.82, 2.24) is 15.3 Å². The Kier molecular flexibility index (Phi) is 5.83. The third-order valence-electron chi connectivity index (χ3n) is 5.64. The molecule has 0 unspecified atom stereocenters. The number of nitrogens with zero attached hydrogens (tertiary/aromatic N) is 3. The number of hydrogen-bond donors (Lipinski definition) is 2. The first-order valence-electron chi connectivity index (χ1n) is 10.4. The van der Waals surface area contributed by atoms with Crippen molar-refractivity contribution >= 4 is 23.5 Å². The zero-order chi connectivity index (χ0) is 21.1. The number of carbonyl (C=O) groups excluding carboxylic acids is 2. The van der Waals surface area contributed by atoms with Gasteiger partial charge in [0.15, 0.2) is 0 Å². The van der Waals surface area contributed by atoms with Gasteiger partial charge in [-0.2, -0.15) is 0 Å². The molecule has 3 heterocycles. The molecule has 1 saturated heterocycles. The molecule has 1 atom stereocenters. The Balaban J connectivity index is 1.40. The van der Waals surface area contributed by atoms with Gasteiger partial charge in [0, 0.05) is 31.0 Å². The van der Waals surface area contributed by atoms with Crippen LogP contribution in [0.2, 0.25) is 0 Å². The summed E-state index contributed by atoms with van der Waals surface area (Å²) >= 11 is 0. The molecule has 8 nitrogen and oxygen atoms in total. The summed E-state index contributed by atoms with van der Waals surface area (Å²) in [5, 5.41) is 5.79. The molecule has 0 aliphatic carbocycles. The molecule has 4 rings (SSSR count). The lowest BCUT2D eigenvalue weighted by Gasteiger charge is -2.27. The average molecular weight is 409 g/mol. The molecule has 30 heavy (non-hydrogen) atoms. The molecule has 1 fully saturated rings. The first-order chi connectivity index (χ1) is 14.5. The van der Waals surface area contributed by atoms with E-state index in [1.54, 1.807) is 13.2 Å². The predicted octanol–water partition coefficient (Wildman–Crippen LogP) is 2.64. The van der Waals surface area contributed by atoms with Crippen LogP contribution in [0.3, 0.4) is 0 Å². The van der Waals surface area contributed by atoms with Crippen molar-refractivity contribution in [3.8, 4) is 5.75 Å². The molecule has 0 bridgehead atoms. The Labute approximate surface area is 176 Å². The first kappa shape index (κ1) is 20.1. The number of anilines is 2. The van der Waals surface area contributed by atoms with Crippen molar-refractivity contribution < 1.29 is 14.3 Å². The van der Waals surface area contributed by atoms with Gasteiger partial charge in [-0.15, -0.1) is 0 Å². The summed E-state index contributed by atoms with van der Waals surface area (Å²) in [7, 11) is 1.60.